The van der Waals surface area contributed by atoms with Crippen molar-refractivity contribution in [3.05, 3.63) is 47.0 Å². The average molecular weight is 240 g/mol. The summed E-state index contributed by atoms with van der Waals surface area (Å²) in [5.74, 6) is -0.423. The molecule has 0 saturated carbocycles. The molecule has 84 valence electrons. The Balaban J connectivity index is 2.07. The lowest BCUT2D eigenvalue weighted by Crippen LogP contribution is -2.00. The van der Waals surface area contributed by atoms with E-state index < -0.39 is 5.82 Å². The second-order valence-corrected chi connectivity index (χ2v) is 3.88. The minimum absolute atomic E-state index is 0.121. The zero-order valence-corrected chi connectivity index (χ0v) is 9.50. The Morgan fingerprint density at radius 3 is 3.00 bits per heavy atom. The van der Waals surface area contributed by atoms with Gasteiger partial charge in [0.05, 0.1) is 16.9 Å². The molecule has 1 aromatic carbocycles. The van der Waals surface area contributed by atoms with Crippen LogP contribution in [0.1, 0.15) is 5.56 Å². The largest absolute Gasteiger partial charge is 0.378 e. The normalized spacial score (nSPS) is 10.4. The second-order valence-electron chi connectivity index (χ2n) is 3.48. The van der Waals surface area contributed by atoms with Gasteiger partial charge >= 0.3 is 0 Å². The first-order valence-electron chi connectivity index (χ1n) is 4.82. The van der Waals surface area contributed by atoms with Gasteiger partial charge in [0.25, 0.3) is 0 Å². The quantitative estimate of drug-likeness (QED) is 0.893. The molecular weight excluding hydrogens is 229 g/mol. The van der Waals surface area contributed by atoms with Crippen LogP contribution < -0.4 is 5.32 Å². The van der Waals surface area contributed by atoms with Crippen molar-refractivity contribution in [1.29, 1.82) is 0 Å². The Kier molecular flexibility index (Phi) is 3.10. The first-order chi connectivity index (χ1) is 7.66. The summed E-state index contributed by atoms with van der Waals surface area (Å²) >= 11 is 5.67. The van der Waals surface area contributed by atoms with Crippen molar-refractivity contribution in [3.63, 3.8) is 0 Å². The van der Waals surface area contributed by atoms with Crippen LogP contribution in [0.25, 0.3) is 0 Å². The minimum atomic E-state index is -0.423. The molecule has 1 heterocycles. The fourth-order valence-electron chi connectivity index (χ4n) is 1.40. The van der Waals surface area contributed by atoms with E-state index in [2.05, 4.69) is 10.4 Å². The highest BCUT2D eigenvalue weighted by Gasteiger charge is 2.05. The molecule has 0 amide bonds. The summed E-state index contributed by atoms with van der Waals surface area (Å²) in [5, 5.41) is 7.12. The van der Waals surface area contributed by atoms with Crippen LogP contribution in [-0.4, -0.2) is 9.78 Å². The first-order valence-corrected chi connectivity index (χ1v) is 5.20. The van der Waals surface area contributed by atoms with Crippen molar-refractivity contribution in [2.75, 3.05) is 5.32 Å². The summed E-state index contributed by atoms with van der Waals surface area (Å²) in [7, 11) is 1.84. The van der Waals surface area contributed by atoms with E-state index in [-0.39, 0.29) is 5.02 Å². The Morgan fingerprint density at radius 1 is 1.50 bits per heavy atom. The molecule has 0 bridgehead atoms. The van der Waals surface area contributed by atoms with Crippen molar-refractivity contribution >= 4 is 17.3 Å². The molecule has 5 heteroatoms. The first kappa shape index (κ1) is 11.0. The summed E-state index contributed by atoms with van der Waals surface area (Å²) in [6, 6.07) is 4.88. The van der Waals surface area contributed by atoms with E-state index in [4.69, 9.17) is 11.6 Å². The number of aromatic nitrogens is 2. The van der Waals surface area contributed by atoms with E-state index in [1.165, 1.54) is 6.07 Å². The lowest BCUT2D eigenvalue weighted by Gasteiger charge is -2.06. The number of anilines is 1. The molecule has 0 spiro atoms. The van der Waals surface area contributed by atoms with Gasteiger partial charge in [-0.1, -0.05) is 17.7 Å². The fraction of sp³-hybridized carbons (Fsp3) is 0.182. The standard InChI is InChI=1S/C11H11ClFN3/c1-16-7-8(6-15-16)5-14-10-4-2-3-9(12)11(10)13/h2-4,6-7,14H,5H2,1H3. The highest BCUT2D eigenvalue weighted by molar-refractivity contribution is 6.31. The summed E-state index contributed by atoms with van der Waals surface area (Å²) < 4.78 is 15.2. The van der Waals surface area contributed by atoms with E-state index in [1.54, 1.807) is 23.0 Å². The predicted molar refractivity (Wildman–Crippen MR) is 61.9 cm³/mol. The molecule has 0 aliphatic rings. The summed E-state index contributed by atoms with van der Waals surface area (Å²) in [5.41, 5.74) is 1.39. The third kappa shape index (κ3) is 2.33. The Bertz CT molecular complexity index is 496. The van der Waals surface area contributed by atoms with E-state index in [1.807, 2.05) is 13.2 Å². The Labute approximate surface area is 97.8 Å². The number of halogens is 2. The zero-order chi connectivity index (χ0) is 11.5. The third-order valence-electron chi connectivity index (χ3n) is 2.19. The van der Waals surface area contributed by atoms with Crippen molar-refractivity contribution in [3.8, 4) is 0 Å². The lowest BCUT2D eigenvalue weighted by atomic mass is 10.3. The van der Waals surface area contributed by atoms with Crippen LogP contribution in [0.3, 0.4) is 0 Å². The van der Waals surface area contributed by atoms with Crippen LogP contribution in [0.2, 0.25) is 5.02 Å². The van der Waals surface area contributed by atoms with Crippen molar-refractivity contribution in [2.24, 2.45) is 7.05 Å². The molecule has 2 rings (SSSR count). The Morgan fingerprint density at radius 2 is 2.31 bits per heavy atom. The van der Waals surface area contributed by atoms with E-state index in [0.717, 1.165) is 5.56 Å². The second kappa shape index (κ2) is 4.53. The van der Waals surface area contributed by atoms with Gasteiger partial charge in [-0.05, 0) is 12.1 Å². The van der Waals surface area contributed by atoms with Gasteiger partial charge in [0.2, 0.25) is 0 Å². The number of benzene rings is 1. The summed E-state index contributed by atoms with van der Waals surface area (Å²) in [4.78, 5) is 0. The minimum Gasteiger partial charge on any atom is -0.378 e. The van der Waals surface area contributed by atoms with Gasteiger partial charge in [-0.2, -0.15) is 5.10 Å². The predicted octanol–water partition coefficient (Wildman–Crippen LogP) is 2.82. The van der Waals surface area contributed by atoms with E-state index in [9.17, 15) is 4.39 Å². The molecule has 1 N–H and O–H groups in total. The van der Waals surface area contributed by atoms with Crippen LogP contribution in [0.4, 0.5) is 10.1 Å². The van der Waals surface area contributed by atoms with Crippen LogP contribution in [0, 0.1) is 5.82 Å². The van der Waals surface area contributed by atoms with Gasteiger partial charge in [0.15, 0.2) is 5.82 Å². The van der Waals surface area contributed by atoms with Gasteiger partial charge in [-0.25, -0.2) is 4.39 Å². The number of nitrogens with one attached hydrogen (secondary N) is 1. The van der Waals surface area contributed by atoms with Crippen molar-refractivity contribution in [1.82, 2.24) is 9.78 Å². The number of rotatable bonds is 3. The summed E-state index contributed by atoms with van der Waals surface area (Å²) in [6.07, 6.45) is 3.60. The molecule has 0 fully saturated rings. The molecule has 0 radical (unpaired) electrons. The summed E-state index contributed by atoms with van der Waals surface area (Å²) in [6.45, 7) is 0.519. The van der Waals surface area contributed by atoms with Crippen LogP contribution in [-0.2, 0) is 13.6 Å². The number of aryl methyl sites for hydroxylation is 1. The average Bonchev–Trinajstić information content (AvgIpc) is 2.67. The molecule has 1 aromatic heterocycles. The molecule has 0 aliphatic heterocycles. The molecule has 3 nitrogen and oxygen atoms in total. The van der Waals surface area contributed by atoms with Crippen molar-refractivity contribution < 1.29 is 4.39 Å². The van der Waals surface area contributed by atoms with Gasteiger partial charge < -0.3 is 5.32 Å². The maximum absolute atomic E-state index is 13.5. The van der Waals surface area contributed by atoms with Crippen molar-refractivity contribution in [2.45, 2.75) is 6.54 Å². The third-order valence-corrected chi connectivity index (χ3v) is 2.48. The molecule has 0 unspecified atom stereocenters. The zero-order valence-electron chi connectivity index (χ0n) is 8.74. The molecule has 0 saturated heterocycles. The Hall–Kier alpha value is -1.55. The number of hydrogen-bond acceptors (Lipinski definition) is 2. The topological polar surface area (TPSA) is 29.9 Å². The van der Waals surface area contributed by atoms with Gasteiger partial charge in [0.1, 0.15) is 0 Å². The molecule has 0 aliphatic carbocycles. The maximum atomic E-state index is 13.5. The lowest BCUT2D eigenvalue weighted by molar-refractivity contribution is 0.630. The van der Waals surface area contributed by atoms with Crippen LogP contribution in [0.5, 0.6) is 0 Å². The number of nitrogens with zero attached hydrogens (tertiary/aromatic N) is 2. The fourth-order valence-corrected chi connectivity index (χ4v) is 1.58. The monoisotopic (exact) mass is 239 g/mol. The molecule has 0 atom stereocenters. The molecular formula is C11H11ClFN3. The van der Waals surface area contributed by atoms with E-state index in [0.29, 0.717) is 12.2 Å². The SMILES string of the molecule is Cn1cc(CNc2cccc(Cl)c2F)cn1. The van der Waals surface area contributed by atoms with Gasteiger partial charge in [-0.3, -0.25) is 4.68 Å². The smallest absolute Gasteiger partial charge is 0.164 e. The highest BCUT2D eigenvalue weighted by Crippen LogP contribution is 2.22. The molecule has 2 aromatic rings. The van der Waals surface area contributed by atoms with E-state index >= 15 is 0 Å². The highest BCUT2D eigenvalue weighted by atomic mass is 35.5. The molecule has 16 heavy (non-hydrogen) atoms. The van der Waals surface area contributed by atoms with Gasteiger partial charge in [-0.15, -0.1) is 0 Å². The van der Waals surface area contributed by atoms with Gasteiger partial charge in [0, 0.05) is 25.4 Å². The van der Waals surface area contributed by atoms with Crippen LogP contribution >= 0.6 is 11.6 Å². The maximum Gasteiger partial charge on any atom is 0.164 e. The van der Waals surface area contributed by atoms with Crippen LogP contribution in [0.15, 0.2) is 30.6 Å². The number of hydrogen-bond donors (Lipinski definition) is 1.